The fourth-order valence-corrected chi connectivity index (χ4v) is 3.11. The number of carboxylic acids is 1. The molecule has 2 N–H and O–H groups in total. The minimum atomic E-state index is -0.970. The van der Waals surface area contributed by atoms with Crippen molar-refractivity contribution in [2.45, 2.75) is 47.0 Å². The molecule has 0 saturated carbocycles. The van der Waals surface area contributed by atoms with Crippen LogP contribution in [0.5, 0.6) is 17.2 Å². The molecular formula is C24H30O6. The Hall–Kier alpha value is -3.02. The number of aromatic carboxylic acids is 1. The van der Waals surface area contributed by atoms with Gasteiger partial charge in [-0.05, 0) is 56.9 Å². The zero-order chi connectivity index (χ0) is 22.3. The summed E-state index contributed by atoms with van der Waals surface area (Å²) in [6, 6.07) is 8.31. The van der Waals surface area contributed by atoms with Gasteiger partial charge in [-0.1, -0.05) is 19.9 Å². The number of carbonyl (C=O) groups is 2. The lowest BCUT2D eigenvalue weighted by atomic mass is 9.98. The van der Waals surface area contributed by atoms with Gasteiger partial charge < -0.3 is 19.7 Å². The number of phenols is 1. The number of unbranched alkanes of at least 4 members (excludes halogenated alkanes) is 1. The lowest BCUT2D eigenvalue weighted by Gasteiger charge is -2.14. The number of hydrogen-bond acceptors (Lipinski definition) is 5. The van der Waals surface area contributed by atoms with Crippen LogP contribution in [0.15, 0.2) is 30.3 Å². The molecule has 0 amide bonds. The van der Waals surface area contributed by atoms with E-state index in [-0.39, 0.29) is 23.0 Å². The van der Waals surface area contributed by atoms with Crippen LogP contribution in [-0.4, -0.2) is 35.2 Å². The molecule has 162 valence electrons. The Balaban J connectivity index is 1.82. The molecule has 0 radical (unpaired) electrons. The summed E-state index contributed by atoms with van der Waals surface area (Å²) in [6.45, 7) is 8.28. The molecule has 0 aliphatic carbocycles. The molecule has 0 atom stereocenters. The highest BCUT2D eigenvalue weighted by molar-refractivity contribution is 5.99. The van der Waals surface area contributed by atoms with Gasteiger partial charge in [0.2, 0.25) is 0 Å². The van der Waals surface area contributed by atoms with E-state index in [2.05, 4.69) is 0 Å². The maximum atomic E-state index is 12.2. The number of hydrogen-bond donors (Lipinski definition) is 2. The number of ether oxygens (including phenoxy) is 2. The Bertz CT molecular complexity index is 901. The van der Waals surface area contributed by atoms with Crippen LogP contribution in [-0.2, 0) is 0 Å². The highest BCUT2D eigenvalue weighted by atomic mass is 16.5. The maximum Gasteiger partial charge on any atom is 0.336 e. The van der Waals surface area contributed by atoms with Gasteiger partial charge >= 0.3 is 5.97 Å². The van der Waals surface area contributed by atoms with E-state index in [0.29, 0.717) is 47.8 Å². The van der Waals surface area contributed by atoms with Gasteiger partial charge in [-0.25, -0.2) is 4.79 Å². The number of carboxylic acid groups (broad SMARTS) is 1. The predicted molar refractivity (Wildman–Crippen MR) is 115 cm³/mol. The first kappa shape index (κ1) is 23.3. The molecule has 0 bridgehead atoms. The van der Waals surface area contributed by atoms with Gasteiger partial charge in [0.1, 0.15) is 17.2 Å². The van der Waals surface area contributed by atoms with E-state index >= 15 is 0 Å². The van der Waals surface area contributed by atoms with Gasteiger partial charge in [-0.3, -0.25) is 4.79 Å². The molecule has 0 saturated heterocycles. The maximum absolute atomic E-state index is 12.2. The molecule has 6 heteroatoms. The molecular weight excluding hydrogens is 384 g/mol. The third-order valence-corrected chi connectivity index (χ3v) is 4.84. The smallest absolute Gasteiger partial charge is 0.336 e. The van der Waals surface area contributed by atoms with Gasteiger partial charge in [-0.15, -0.1) is 0 Å². The summed E-state index contributed by atoms with van der Waals surface area (Å²) >= 11 is 0. The second-order valence-electron chi connectivity index (χ2n) is 7.74. The van der Waals surface area contributed by atoms with Crippen molar-refractivity contribution in [3.63, 3.8) is 0 Å². The van der Waals surface area contributed by atoms with E-state index in [1.165, 1.54) is 0 Å². The minimum Gasteiger partial charge on any atom is -0.507 e. The SMILES string of the molecule is Cc1c(OCCCCOc2ccc(C(=O)CC(C)C)c(O)c2C)cccc1C(=O)O. The van der Waals surface area contributed by atoms with E-state index in [4.69, 9.17) is 14.6 Å². The third-order valence-electron chi connectivity index (χ3n) is 4.84. The Morgan fingerprint density at radius 3 is 2.07 bits per heavy atom. The number of Topliss-reactive ketones (excluding diaryl/α,β-unsaturated/α-hetero) is 1. The van der Waals surface area contributed by atoms with Gasteiger partial charge in [0.15, 0.2) is 5.78 Å². The Morgan fingerprint density at radius 1 is 0.900 bits per heavy atom. The molecule has 0 aromatic heterocycles. The minimum absolute atomic E-state index is 0.0183. The number of ketones is 1. The lowest BCUT2D eigenvalue weighted by Crippen LogP contribution is -2.07. The summed E-state index contributed by atoms with van der Waals surface area (Å²) in [4.78, 5) is 23.4. The van der Waals surface area contributed by atoms with Gasteiger partial charge in [0, 0.05) is 17.5 Å². The van der Waals surface area contributed by atoms with Crippen molar-refractivity contribution in [2.75, 3.05) is 13.2 Å². The number of aromatic hydroxyl groups is 1. The number of rotatable bonds is 11. The molecule has 30 heavy (non-hydrogen) atoms. The second-order valence-corrected chi connectivity index (χ2v) is 7.74. The van der Waals surface area contributed by atoms with E-state index in [1.54, 1.807) is 44.2 Å². The van der Waals surface area contributed by atoms with Crippen LogP contribution >= 0.6 is 0 Å². The van der Waals surface area contributed by atoms with Crippen molar-refractivity contribution in [1.82, 2.24) is 0 Å². The van der Waals surface area contributed by atoms with Crippen LogP contribution in [0.2, 0.25) is 0 Å². The molecule has 2 rings (SSSR count). The molecule has 2 aromatic carbocycles. The van der Waals surface area contributed by atoms with Crippen molar-refractivity contribution in [3.05, 3.63) is 52.6 Å². The van der Waals surface area contributed by atoms with Crippen LogP contribution < -0.4 is 9.47 Å². The van der Waals surface area contributed by atoms with Crippen LogP contribution in [0.25, 0.3) is 0 Å². The van der Waals surface area contributed by atoms with E-state index in [9.17, 15) is 14.7 Å². The highest BCUT2D eigenvalue weighted by Gasteiger charge is 2.17. The Morgan fingerprint density at radius 2 is 1.50 bits per heavy atom. The fourth-order valence-electron chi connectivity index (χ4n) is 3.11. The van der Waals surface area contributed by atoms with Crippen molar-refractivity contribution in [2.24, 2.45) is 5.92 Å². The molecule has 0 aliphatic rings. The van der Waals surface area contributed by atoms with E-state index < -0.39 is 5.97 Å². The largest absolute Gasteiger partial charge is 0.507 e. The zero-order valence-electron chi connectivity index (χ0n) is 18.0. The molecule has 0 unspecified atom stereocenters. The topological polar surface area (TPSA) is 93.1 Å². The zero-order valence-corrected chi connectivity index (χ0v) is 18.0. The van der Waals surface area contributed by atoms with Crippen LogP contribution in [0, 0.1) is 19.8 Å². The van der Waals surface area contributed by atoms with Crippen molar-refractivity contribution < 1.29 is 29.3 Å². The monoisotopic (exact) mass is 414 g/mol. The van der Waals surface area contributed by atoms with Crippen molar-refractivity contribution >= 4 is 11.8 Å². The quantitative estimate of drug-likeness (QED) is 0.389. The highest BCUT2D eigenvalue weighted by Crippen LogP contribution is 2.32. The Kier molecular flexibility index (Phi) is 8.27. The van der Waals surface area contributed by atoms with Crippen LogP contribution in [0.3, 0.4) is 0 Å². The molecule has 0 spiro atoms. The number of benzene rings is 2. The molecule has 6 nitrogen and oxygen atoms in total. The lowest BCUT2D eigenvalue weighted by molar-refractivity contribution is 0.0695. The van der Waals surface area contributed by atoms with Crippen molar-refractivity contribution in [1.29, 1.82) is 0 Å². The van der Waals surface area contributed by atoms with E-state index in [0.717, 1.165) is 12.8 Å². The molecule has 0 aliphatic heterocycles. The summed E-state index contributed by atoms with van der Waals surface area (Å²) in [5.41, 5.74) is 1.74. The fraction of sp³-hybridized carbons (Fsp3) is 0.417. The molecule has 2 aromatic rings. The summed E-state index contributed by atoms with van der Waals surface area (Å²) in [5.74, 6) is 0.289. The van der Waals surface area contributed by atoms with Gasteiger partial charge in [-0.2, -0.15) is 0 Å². The second kappa shape index (κ2) is 10.7. The third kappa shape index (κ3) is 5.99. The first-order valence-corrected chi connectivity index (χ1v) is 10.2. The summed E-state index contributed by atoms with van der Waals surface area (Å²) in [5, 5.41) is 19.5. The first-order valence-electron chi connectivity index (χ1n) is 10.2. The van der Waals surface area contributed by atoms with Crippen molar-refractivity contribution in [3.8, 4) is 17.2 Å². The standard InChI is InChI=1S/C24H30O6/c1-15(2)14-20(25)19-10-11-22(17(4)23(19)26)30-13-6-5-12-29-21-9-7-8-18(16(21)3)24(27)28/h7-11,15,26H,5-6,12-14H2,1-4H3,(H,27,28). The van der Waals surface area contributed by atoms with Crippen LogP contribution in [0.4, 0.5) is 0 Å². The average molecular weight is 414 g/mol. The van der Waals surface area contributed by atoms with Gasteiger partial charge in [0.05, 0.1) is 24.3 Å². The summed E-state index contributed by atoms with van der Waals surface area (Å²) < 4.78 is 11.5. The molecule has 0 fully saturated rings. The summed E-state index contributed by atoms with van der Waals surface area (Å²) in [7, 11) is 0. The summed E-state index contributed by atoms with van der Waals surface area (Å²) in [6.07, 6.45) is 1.85. The average Bonchev–Trinajstić information content (AvgIpc) is 2.67. The number of phenolic OH excluding ortho intramolecular Hbond substituents is 1. The first-order chi connectivity index (χ1) is 14.2. The Labute approximate surface area is 177 Å². The van der Waals surface area contributed by atoms with E-state index in [1.807, 2.05) is 13.8 Å². The van der Waals surface area contributed by atoms with Crippen LogP contribution in [0.1, 0.15) is 65.0 Å². The predicted octanol–water partition coefficient (Wildman–Crippen LogP) is 5.17. The molecule has 0 heterocycles. The number of carbonyl (C=O) groups excluding carboxylic acids is 1. The normalized spacial score (nSPS) is 10.8. The van der Waals surface area contributed by atoms with Gasteiger partial charge in [0.25, 0.3) is 0 Å².